The van der Waals surface area contributed by atoms with E-state index in [0.717, 1.165) is 22.6 Å². The fourth-order valence-corrected chi connectivity index (χ4v) is 2.39. The topological polar surface area (TPSA) is 85.3 Å². The summed E-state index contributed by atoms with van der Waals surface area (Å²) in [6.45, 7) is 4.26. The largest absolute Gasteiger partial charge is 0.467 e. The smallest absolute Gasteiger partial charge is 0.238 e. The minimum Gasteiger partial charge on any atom is -0.467 e. The Morgan fingerprint density at radius 2 is 2.05 bits per heavy atom. The summed E-state index contributed by atoms with van der Waals surface area (Å²) in [5.74, 6) is 0.776. The maximum Gasteiger partial charge on any atom is 0.238 e. The molecule has 5 nitrogen and oxygen atoms in total. The number of anilines is 1. The van der Waals surface area contributed by atoms with Crippen LogP contribution >= 0.6 is 0 Å². The zero-order valence-electron chi connectivity index (χ0n) is 10.8. The van der Waals surface area contributed by atoms with Crippen LogP contribution in [0, 0.1) is 13.8 Å². The van der Waals surface area contributed by atoms with Crippen LogP contribution in [0.3, 0.4) is 0 Å². The first kappa shape index (κ1) is 13.6. The Hall–Kier alpha value is -1.79. The van der Waals surface area contributed by atoms with Crippen LogP contribution < -0.4 is 10.5 Å². The molecule has 0 aliphatic rings. The molecule has 3 N–H and O–H groups in total. The van der Waals surface area contributed by atoms with Crippen LogP contribution in [0.25, 0.3) is 0 Å². The van der Waals surface area contributed by atoms with E-state index >= 15 is 0 Å². The summed E-state index contributed by atoms with van der Waals surface area (Å²) in [5.41, 5.74) is 2.59. The molecule has 0 unspecified atom stereocenters. The lowest BCUT2D eigenvalue weighted by Gasteiger charge is -2.12. The first-order valence-corrected chi connectivity index (χ1v) is 7.33. The van der Waals surface area contributed by atoms with Crippen molar-refractivity contribution in [2.24, 2.45) is 5.14 Å². The number of sulfonamides is 1. The molecule has 0 radical (unpaired) electrons. The highest BCUT2D eigenvalue weighted by molar-refractivity contribution is 7.89. The highest BCUT2D eigenvalue weighted by atomic mass is 32.2. The Labute approximate surface area is 112 Å². The van der Waals surface area contributed by atoms with Gasteiger partial charge >= 0.3 is 0 Å². The van der Waals surface area contributed by atoms with E-state index < -0.39 is 10.0 Å². The SMILES string of the molecule is Cc1cc(S(N)(=O)=O)cc(NCc2ccco2)c1C. The van der Waals surface area contributed by atoms with E-state index in [1.54, 1.807) is 24.5 Å². The van der Waals surface area contributed by atoms with Gasteiger partial charge in [0, 0.05) is 5.69 Å². The maximum atomic E-state index is 11.4. The van der Waals surface area contributed by atoms with Crippen molar-refractivity contribution in [3.8, 4) is 0 Å². The second-order valence-corrected chi connectivity index (χ2v) is 5.95. The van der Waals surface area contributed by atoms with E-state index in [4.69, 9.17) is 9.56 Å². The van der Waals surface area contributed by atoms with Gasteiger partial charge in [0.1, 0.15) is 5.76 Å². The van der Waals surface area contributed by atoms with Gasteiger partial charge in [0.05, 0.1) is 17.7 Å². The summed E-state index contributed by atoms with van der Waals surface area (Å²) in [6, 6.07) is 6.76. The van der Waals surface area contributed by atoms with Crippen molar-refractivity contribution >= 4 is 15.7 Å². The van der Waals surface area contributed by atoms with Crippen molar-refractivity contribution in [3.63, 3.8) is 0 Å². The number of nitrogens with two attached hydrogens (primary N) is 1. The number of benzene rings is 1. The molecule has 0 atom stereocenters. The minimum absolute atomic E-state index is 0.109. The van der Waals surface area contributed by atoms with Gasteiger partial charge in [-0.25, -0.2) is 13.6 Å². The minimum atomic E-state index is -3.70. The Morgan fingerprint density at radius 1 is 1.32 bits per heavy atom. The second-order valence-electron chi connectivity index (χ2n) is 4.39. The Balaban J connectivity index is 2.31. The average Bonchev–Trinajstić information content (AvgIpc) is 2.82. The molecule has 0 saturated heterocycles. The molecule has 102 valence electrons. The fraction of sp³-hybridized carbons (Fsp3) is 0.231. The monoisotopic (exact) mass is 280 g/mol. The molecular formula is C13H16N2O3S. The molecule has 19 heavy (non-hydrogen) atoms. The third-order valence-corrected chi connectivity index (χ3v) is 3.90. The molecule has 2 aromatic rings. The van der Waals surface area contributed by atoms with E-state index in [-0.39, 0.29) is 4.90 Å². The third-order valence-electron chi connectivity index (χ3n) is 3.00. The van der Waals surface area contributed by atoms with Crippen LogP contribution in [0.2, 0.25) is 0 Å². The van der Waals surface area contributed by atoms with Crippen LogP contribution in [-0.2, 0) is 16.6 Å². The van der Waals surface area contributed by atoms with Gasteiger partial charge in [0.2, 0.25) is 10.0 Å². The van der Waals surface area contributed by atoms with Crippen molar-refractivity contribution in [2.75, 3.05) is 5.32 Å². The summed E-state index contributed by atoms with van der Waals surface area (Å²) >= 11 is 0. The first-order chi connectivity index (χ1) is 8.88. The maximum absolute atomic E-state index is 11.4. The van der Waals surface area contributed by atoms with E-state index in [0.29, 0.717) is 6.54 Å². The summed E-state index contributed by atoms with van der Waals surface area (Å²) < 4.78 is 28.0. The zero-order chi connectivity index (χ0) is 14.0. The lowest BCUT2D eigenvalue weighted by Crippen LogP contribution is -2.13. The average molecular weight is 280 g/mol. The van der Waals surface area contributed by atoms with E-state index in [1.807, 2.05) is 19.9 Å². The Kier molecular flexibility index (Phi) is 3.64. The van der Waals surface area contributed by atoms with Crippen molar-refractivity contribution in [1.82, 2.24) is 0 Å². The standard InChI is InChI=1S/C13H16N2O3S/c1-9-6-12(19(14,16)17)7-13(10(9)2)15-8-11-4-3-5-18-11/h3-7,15H,8H2,1-2H3,(H2,14,16,17). The number of furan rings is 1. The molecule has 0 saturated carbocycles. The number of nitrogens with one attached hydrogen (secondary N) is 1. The Bertz CT molecular complexity index is 676. The van der Waals surface area contributed by atoms with Gasteiger partial charge in [0.15, 0.2) is 0 Å². The van der Waals surface area contributed by atoms with Gasteiger partial charge in [0.25, 0.3) is 0 Å². The lowest BCUT2D eigenvalue weighted by molar-refractivity contribution is 0.518. The number of hydrogen-bond acceptors (Lipinski definition) is 4. The van der Waals surface area contributed by atoms with E-state index in [9.17, 15) is 8.42 Å². The number of primary sulfonamides is 1. The first-order valence-electron chi connectivity index (χ1n) is 5.78. The number of rotatable bonds is 4. The van der Waals surface area contributed by atoms with Crippen molar-refractivity contribution in [3.05, 3.63) is 47.4 Å². The molecule has 0 aliphatic carbocycles. The molecule has 0 spiro atoms. The zero-order valence-corrected chi connectivity index (χ0v) is 11.6. The van der Waals surface area contributed by atoms with Crippen LogP contribution in [0.4, 0.5) is 5.69 Å². The van der Waals surface area contributed by atoms with Gasteiger partial charge < -0.3 is 9.73 Å². The van der Waals surface area contributed by atoms with Crippen molar-refractivity contribution in [2.45, 2.75) is 25.3 Å². The van der Waals surface area contributed by atoms with Gasteiger partial charge in [-0.2, -0.15) is 0 Å². The van der Waals surface area contributed by atoms with Gasteiger partial charge in [-0.15, -0.1) is 0 Å². The number of aryl methyl sites for hydroxylation is 1. The quantitative estimate of drug-likeness (QED) is 0.898. The van der Waals surface area contributed by atoms with Crippen molar-refractivity contribution < 1.29 is 12.8 Å². The molecule has 1 aromatic heterocycles. The second kappa shape index (κ2) is 5.07. The molecule has 1 aromatic carbocycles. The van der Waals surface area contributed by atoms with Crippen molar-refractivity contribution in [1.29, 1.82) is 0 Å². The molecule has 0 aliphatic heterocycles. The Morgan fingerprint density at radius 3 is 2.63 bits per heavy atom. The predicted molar refractivity (Wildman–Crippen MR) is 73.3 cm³/mol. The normalized spacial score (nSPS) is 11.5. The van der Waals surface area contributed by atoms with Crippen LogP contribution in [-0.4, -0.2) is 8.42 Å². The summed E-state index contributed by atoms with van der Waals surface area (Å²) in [5, 5.41) is 8.32. The predicted octanol–water partition coefficient (Wildman–Crippen LogP) is 2.16. The molecule has 0 amide bonds. The molecule has 6 heteroatoms. The summed E-state index contributed by atoms with van der Waals surface area (Å²) in [4.78, 5) is 0.109. The van der Waals surface area contributed by atoms with Gasteiger partial charge in [-0.3, -0.25) is 0 Å². The lowest BCUT2D eigenvalue weighted by atomic mass is 10.1. The third kappa shape index (κ3) is 3.15. The summed E-state index contributed by atoms with van der Waals surface area (Å²) in [7, 11) is -3.70. The van der Waals surface area contributed by atoms with E-state index in [2.05, 4.69) is 5.32 Å². The molecule has 2 rings (SSSR count). The fourth-order valence-electron chi connectivity index (χ4n) is 1.77. The van der Waals surface area contributed by atoms with Gasteiger partial charge in [-0.1, -0.05) is 0 Å². The van der Waals surface area contributed by atoms with Gasteiger partial charge in [-0.05, 0) is 49.2 Å². The van der Waals surface area contributed by atoms with Crippen LogP contribution in [0.1, 0.15) is 16.9 Å². The molecule has 0 fully saturated rings. The highest BCUT2D eigenvalue weighted by Crippen LogP contribution is 2.24. The number of hydrogen-bond donors (Lipinski definition) is 2. The van der Waals surface area contributed by atoms with Crippen LogP contribution in [0.5, 0.6) is 0 Å². The molecular weight excluding hydrogens is 264 g/mol. The highest BCUT2D eigenvalue weighted by Gasteiger charge is 2.12. The molecule has 1 heterocycles. The summed E-state index contributed by atoms with van der Waals surface area (Å²) in [6.07, 6.45) is 1.59. The molecule has 0 bridgehead atoms. The van der Waals surface area contributed by atoms with E-state index in [1.165, 1.54) is 0 Å². The van der Waals surface area contributed by atoms with Crippen LogP contribution in [0.15, 0.2) is 39.8 Å².